The number of nitrogens with one attached hydrogen (secondary N) is 1. The molecular weight excluding hydrogens is 444 g/mol. The summed E-state index contributed by atoms with van der Waals surface area (Å²) >= 11 is 1.90. The molecule has 1 amide bonds. The van der Waals surface area contributed by atoms with Gasteiger partial charge in [-0.25, -0.2) is 8.42 Å². The molecule has 0 aromatic heterocycles. The minimum Gasteiger partial charge on any atom is -0.476 e. The summed E-state index contributed by atoms with van der Waals surface area (Å²) in [5.41, 5.74) is 2.37. The van der Waals surface area contributed by atoms with Gasteiger partial charge in [0.05, 0.1) is 17.1 Å². The zero-order valence-electron chi connectivity index (χ0n) is 18.5. The Labute approximate surface area is 194 Å². The lowest BCUT2D eigenvalue weighted by Gasteiger charge is -2.35. The van der Waals surface area contributed by atoms with E-state index in [0.29, 0.717) is 23.2 Å². The van der Waals surface area contributed by atoms with Crippen LogP contribution in [0, 0.1) is 13.8 Å². The summed E-state index contributed by atoms with van der Waals surface area (Å²) in [7, 11) is -3.84. The molecule has 0 radical (unpaired) electrons. The second-order valence-corrected chi connectivity index (χ2v) is 11.8. The number of thioether (sulfide) groups is 1. The predicted octanol–water partition coefficient (Wildman–Crippen LogP) is 4.05. The molecule has 1 atom stereocenters. The molecule has 32 heavy (non-hydrogen) atoms. The lowest BCUT2D eigenvalue weighted by atomic mass is 10.1. The molecule has 1 N–H and O–H groups in total. The van der Waals surface area contributed by atoms with Gasteiger partial charge >= 0.3 is 0 Å². The molecule has 0 saturated heterocycles. The van der Waals surface area contributed by atoms with Crippen LogP contribution in [-0.4, -0.2) is 44.5 Å². The van der Waals surface area contributed by atoms with Crippen molar-refractivity contribution in [2.24, 2.45) is 0 Å². The fourth-order valence-corrected chi connectivity index (χ4v) is 6.82. The number of fused-ring (bicyclic) bond motifs is 1. The van der Waals surface area contributed by atoms with E-state index >= 15 is 0 Å². The second-order valence-electron chi connectivity index (χ2n) is 8.50. The van der Waals surface area contributed by atoms with E-state index in [-0.39, 0.29) is 17.3 Å². The van der Waals surface area contributed by atoms with Crippen LogP contribution in [0.3, 0.4) is 0 Å². The number of rotatable bonds is 7. The fourth-order valence-electron chi connectivity index (χ4n) is 4.13. The minimum absolute atomic E-state index is 0.0612. The van der Waals surface area contributed by atoms with Crippen LogP contribution in [0.4, 0.5) is 5.69 Å². The van der Waals surface area contributed by atoms with Gasteiger partial charge in [0.15, 0.2) is 6.10 Å². The van der Waals surface area contributed by atoms with E-state index in [1.165, 1.54) is 30.0 Å². The standard InChI is InChI=1S/C24H30N2O4S2/c1-17-7-10-20(11-8-17)32(28,29)26-16-23(30-22-12-9-18(2)15-21(22)26)24(27)25-13-14-31-19-5-3-4-6-19/h7-12,15,19,23H,3-6,13-14,16H2,1-2H3,(H,25,27)/t23-/m1/s1. The molecule has 1 heterocycles. The number of ether oxygens (including phenoxy) is 1. The van der Waals surface area contributed by atoms with Gasteiger partial charge < -0.3 is 10.1 Å². The largest absolute Gasteiger partial charge is 0.476 e. The van der Waals surface area contributed by atoms with Crippen molar-refractivity contribution < 1.29 is 17.9 Å². The van der Waals surface area contributed by atoms with Crippen LogP contribution in [-0.2, 0) is 14.8 Å². The van der Waals surface area contributed by atoms with Gasteiger partial charge in [-0.3, -0.25) is 9.10 Å². The van der Waals surface area contributed by atoms with Crippen molar-refractivity contribution in [3.8, 4) is 5.75 Å². The summed E-state index contributed by atoms with van der Waals surface area (Å²) in [6, 6.07) is 12.1. The van der Waals surface area contributed by atoms with Crippen LogP contribution < -0.4 is 14.4 Å². The first kappa shape index (κ1) is 23.0. The van der Waals surface area contributed by atoms with E-state index in [1.54, 1.807) is 36.4 Å². The topological polar surface area (TPSA) is 75.7 Å². The summed E-state index contributed by atoms with van der Waals surface area (Å²) in [5, 5.41) is 3.63. The van der Waals surface area contributed by atoms with Crippen molar-refractivity contribution in [1.29, 1.82) is 0 Å². The maximum Gasteiger partial charge on any atom is 0.264 e. The first-order valence-corrected chi connectivity index (χ1v) is 13.6. The molecule has 0 unspecified atom stereocenters. The molecule has 2 aromatic rings. The van der Waals surface area contributed by atoms with Gasteiger partial charge in [0.25, 0.3) is 15.9 Å². The Morgan fingerprint density at radius 3 is 2.50 bits per heavy atom. The van der Waals surface area contributed by atoms with Crippen LogP contribution in [0.5, 0.6) is 5.75 Å². The Hall–Kier alpha value is -2.19. The van der Waals surface area contributed by atoms with E-state index in [1.807, 2.05) is 31.7 Å². The van der Waals surface area contributed by atoms with Crippen LogP contribution >= 0.6 is 11.8 Å². The average Bonchev–Trinajstić information content (AvgIpc) is 3.29. The normalized spacial score (nSPS) is 18.8. The van der Waals surface area contributed by atoms with Gasteiger partial charge in [-0.1, -0.05) is 36.6 Å². The van der Waals surface area contributed by atoms with Gasteiger partial charge in [0.1, 0.15) is 5.75 Å². The van der Waals surface area contributed by atoms with Crippen molar-refractivity contribution in [3.63, 3.8) is 0 Å². The zero-order valence-corrected chi connectivity index (χ0v) is 20.2. The quantitative estimate of drug-likeness (QED) is 0.613. The molecule has 1 saturated carbocycles. The Morgan fingerprint density at radius 2 is 1.78 bits per heavy atom. The van der Waals surface area contributed by atoms with Crippen molar-refractivity contribution in [2.75, 3.05) is 23.1 Å². The number of sulfonamides is 1. The third kappa shape index (κ3) is 5.07. The Balaban J connectivity index is 1.50. The molecule has 6 nitrogen and oxygen atoms in total. The van der Waals surface area contributed by atoms with Gasteiger partial charge in [0, 0.05) is 17.5 Å². The average molecular weight is 475 g/mol. The smallest absolute Gasteiger partial charge is 0.264 e. The van der Waals surface area contributed by atoms with Crippen LogP contribution in [0.15, 0.2) is 47.4 Å². The van der Waals surface area contributed by atoms with E-state index in [4.69, 9.17) is 4.74 Å². The third-order valence-electron chi connectivity index (χ3n) is 5.94. The molecule has 2 aliphatic rings. The van der Waals surface area contributed by atoms with Gasteiger partial charge in [-0.05, 0) is 56.5 Å². The summed E-state index contributed by atoms with van der Waals surface area (Å²) in [4.78, 5) is 13.1. The van der Waals surface area contributed by atoms with Crippen molar-refractivity contribution in [1.82, 2.24) is 5.32 Å². The highest BCUT2D eigenvalue weighted by molar-refractivity contribution is 7.99. The van der Waals surface area contributed by atoms with Crippen LogP contribution in [0.25, 0.3) is 0 Å². The third-order valence-corrected chi connectivity index (χ3v) is 9.12. The number of aryl methyl sites for hydroxylation is 2. The van der Waals surface area contributed by atoms with E-state index in [0.717, 1.165) is 16.9 Å². The molecule has 4 rings (SSSR count). The molecule has 2 aromatic carbocycles. The lowest BCUT2D eigenvalue weighted by molar-refractivity contribution is -0.127. The lowest BCUT2D eigenvalue weighted by Crippen LogP contribution is -2.51. The molecule has 1 aliphatic carbocycles. The van der Waals surface area contributed by atoms with Crippen LogP contribution in [0.1, 0.15) is 36.8 Å². The number of hydrogen-bond donors (Lipinski definition) is 1. The number of anilines is 1. The summed E-state index contributed by atoms with van der Waals surface area (Å²) in [6.07, 6.45) is 4.20. The van der Waals surface area contributed by atoms with Crippen molar-refractivity contribution in [2.45, 2.75) is 55.8 Å². The number of nitrogens with zero attached hydrogens (tertiary/aromatic N) is 1. The number of carbonyl (C=O) groups excluding carboxylic acids is 1. The Bertz CT molecular complexity index is 1060. The molecule has 8 heteroatoms. The van der Waals surface area contributed by atoms with Crippen molar-refractivity contribution >= 4 is 33.4 Å². The molecule has 0 spiro atoms. The second kappa shape index (κ2) is 9.75. The molecule has 172 valence electrons. The predicted molar refractivity (Wildman–Crippen MR) is 129 cm³/mol. The minimum atomic E-state index is -3.84. The molecule has 1 aliphatic heterocycles. The Morgan fingerprint density at radius 1 is 1.09 bits per heavy atom. The van der Waals surface area contributed by atoms with E-state index < -0.39 is 16.1 Å². The zero-order chi connectivity index (χ0) is 22.7. The fraction of sp³-hybridized carbons (Fsp3) is 0.458. The molecular formula is C24H30N2O4S2. The molecule has 0 bridgehead atoms. The highest BCUT2D eigenvalue weighted by Crippen LogP contribution is 2.38. The highest BCUT2D eigenvalue weighted by atomic mass is 32.2. The number of amides is 1. The summed E-state index contributed by atoms with van der Waals surface area (Å²) < 4.78 is 34.2. The Kier molecular flexibility index (Phi) is 7.00. The van der Waals surface area contributed by atoms with Crippen LogP contribution in [0.2, 0.25) is 0 Å². The highest BCUT2D eigenvalue weighted by Gasteiger charge is 2.37. The summed E-state index contributed by atoms with van der Waals surface area (Å²) in [6.45, 7) is 4.30. The molecule has 1 fully saturated rings. The van der Waals surface area contributed by atoms with E-state index in [9.17, 15) is 13.2 Å². The van der Waals surface area contributed by atoms with Gasteiger partial charge in [-0.15, -0.1) is 0 Å². The monoisotopic (exact) mass is 474 g/mol. The SMILES string of the molecule is Cc1ccc(S(=O)(=O)N2C[C@H](C(=O)NCCSC3CCCC3)Oc3ccc(C)cc32)cc1. The maximum absolute atomic E-state index is 13.5. The number of hydrogen-bond acceptors (Lipinski definition) is 5. The first-order valence-electron chi connectivity index (χ1n) is 11.1. The number of benzene rings is 2. The van der Waals surface area contributed by atoms with Crippen molar-refractivity contribution in [3.05, 3.63) is 53.6 Å². The first-order chi connectivity index (χ1) is 15.3. The van der Waals surface area contributed by atoms with Gasteiger partial charge in [-0.2, -0.15) is 11.8 Å². The summed E-state index contributed by atoms with van der Waals surface area (Å²) in [5.74, 6) is 0.968. The van der Waals surface area contributed by atoms with Gasteiger partial charge in [0.2, 0.25) is 0 Å². The number of carbonyl (C=O) groups is 1. The van der Waals surface area contributed by atoms with E-state index in [2.05, 4.69) is 5.32 Å². The maximum atomic E-state index is 13.5.